The average Bonchev–Trinajstić information content (AvgIpc) is 3.12. The van der Waals surface area contributed by atoms with Crippen LogP contribution in [0.5, 0.6) is 0 Å². The summed E-state index contributed by atoms with van der Waals surface area (Å²) in [5.41, 5.74) is 0.344. The number of hydrogen-bond donors (Lipinski definition) is 8. The van der Waals surface area contributed by atoms with Crippen molar-refractivity contribution in [1.29, 1.82) is 0 Å². The number of carbonyl (C=O) groups is 1. The molecule has 18 atom stereocenters. The minimum absolute atomic E-state index is 0.00451. The van der Waals surface area contributed by atoms with Crippen molar-refractivity contribution < 1.29 is 64.6 Å². The van der Waals surface area contributed by atoms with Crippen LogP contribution in [-0.4, -0.2) is 128 Å². The number of aliphatic hydroxyl groups is 7. The summed E-state index contributed by atoms with van der Waals surface area (Å²) < 4.78 is 23.9. The van der Waals surface area contributed by atoms with Gasteiger partial charge in [-0.05, 0) is 109 Å². The lowest BCUT2D eigenvalue weighted by molar-refractivity contribution is -0.368. The van der Waals surface area contributed by atoms with E-state index in [0.29, 0.717) is 12.3 Å². The van der Waals surface area contributed by atoms with Crippen molar-refractivity contribution in [1.82, 2.24) is 0 Å². The highest BCUT2D eigenvalue weighted by Crippen LogP contribution is 2.76. The van der Waals surface area contributed by atoms with E-state index in [-0.39, 0.29) is 45.0 Å². The molecule has 0 spiro atoms. The zero-order valence-corrected chi connectivity index (χ0v) is 33.8. The smallest absolute Gasteiger partial charge is 0.310 e. The van der Waals surface area contributed by atoms with E-state index in [1.54, 1.807) is 0 Å². The van der Waals surface area contributed by atoms with Crippen molar-refractivity contribution >= 4 is 5.97 Å². The summed E-state index contributed by atoms with van der Waals surface area (Å²) in [6.07, 6.45) is -4.17. The molecule has 2 aliphatic heterocycles. The van der Waals surface area contributed by atoms with Crippen molar-refractivity contribution in [2.75, 3.05) is 13.2 Å². The van der Waals surface area contributed by atoms with Crippen LogP contribution < -0.4 is 0 Å². The number of carboxylic acid groups (broad SMARTS) is 1. The molecule has 55 heavy (non-hydrogen) atoms. The fourth-order valence-corrected chi connectivity index (χ4v) is 13.7. The summed E-state index contributed by atoms with van der Waals surface area (Å²) in [5.74, 6) is 0.0886. The lowest BCUT2D eigenvalue weighted by Gasteiger charge is -2.71. The van der Waals surface area contributed by atoms with Gasteiger partial charge in [0.25, 0.3) is 0 Å². The van der Waals surface area contributed by atoms with Crippen LogP contribution in [0.3, 0.4) is 0 Å². The quantitative estimate of drug-likeness (QED) is 0.138. The molecule has 0 radical (unpaired) electrons. The molecular weight excluding hydrogens is 712 g/mol. The van der Waals surface area contributed by atoms with Crippen LogP contribution in [-0.2, 0) is 23.7 Å². The molecule has 4 saturated carbocycles. The van der Waals surface area contributed by atoms with Gasteiger partial charge >= 0.3 is 5.97 Å². The van der Waals surface area contributed by atoms with Crippen LogP contribution in [0.15, 0.2) is 11.6 Å². The van der Waals surface area contributed by atoms with Crippen LogP contribution in [0, 0.1) is 50.2 Å². The van der Waals surface area contributed by atoms with E-state index >= 15 is 0 Å². The topological polar surface area (TPSA) is 216 Å². The second-order valence-corrected chi connectivity index (χ2v) is 20.7. The fourth-order valence-electron chi connectivity index (χ4n) is 13.7. The van der Waals surface area contributed by atoms with Crippen molar-refractivity contribution in [3.63, 3.8) is 0 Å². The predicted molar refractivity (Wildman–Crippen MR) is 198 cm³/mol. The minimum Gasteiger partial charge on any atom is -0.481 e. The summed E-state index contributed by atoms with van der Waals surface area (Å²) in [6, 6.07) is 0. The Bertz CT molecular complexity index is 1480. The van der Waals surface area contributed by atoms with E-state index in [9.17, 15) is 45.6 Å². The zero-order chi connectivity index (χ0) is 40.3. The first-order chi connectivity index (χ1) is 25.6. The lowest BCUT2D eigenvalue weighted by Crippen LogP contribution is -2.66. The van der Waals surface area contributed by atoms with Gasteiger partial charge in [0.15, 0.2) is 12.6 Å². The highest BCUT2D eigenvalue weighted by molar-refractivity contribution is 5.76. The third kappa shape index (κ3) is 6.23. The normalized spacial score (nSPS) is 53.2. The fraction of sp³-hybridized carbons (Fsp3) is 0.929. The number of carboxylic acids is 1. The van der Waals surface area contributed by atoms with Crippen molar-refractivity contribution in [2.24, 2.45) is 50.2 Å². The Balaban J connectivity index is 1.08. The maximum atomic E-state index is 13.0. The SMILES string of the molecule is CC1(C)CC[C@]2(C(=O)O)CC[C@]3(C)C(=CC[C@@H]4[C@]5(C)CC[C@H](O[C@@H]6O[C@H](CO)[C@@H](O[C@@H]7O[C@H](CO)[C@H](O)[C@H](O)[C@H]7O)[C@H](O)[C@H]6O)C(C)(C)[C@@H]5CC[C@@]43C)[C@@H]2C1. The molecule has 6 fully saturated rings. The number of allylic oxidation sites excluding steroid dienone is 2. The highest BCUT2D eigenvalue weighted by atomic mass is 16.7. The van der Waals surface area contributed by atoms with E-state index in [0.717, 1.165) is 57.8 Å². The van der Waals surface area contributed by atoms with Crippen molar-refractivity contribution in [2.45, 2.75) is 180 Å². The summed E-state index contributed by atoms with van der Waals surface area (Å²) in [6.45, 7) is 15.1. The van der Waals surface area contributed by atoms with Gasteiger partial charge in [-0.15, -0.1) is 0 Å². The number of fused-ring (bicyclic) bond motifs is 7. The molecule has 0 aromatic rings. The van der Waals surface area contributed by atoms with Crippen LogP contribution in [0.25, 0.3) is 0 Å². The third-order valence-corrected chi connectivity index (χ3v) is 17.3. The predicted octanol–water partition coefficient (Wildman–Crippen LogP) is 2.88. The molecule has 0 aromatic heterocycles. The Kier molecular flexibility index (Phi) is 10.8. The Morgan fingerprint density at radius 3 is 2.00 bits per heavy atom. The van der Waals surface area contributed by atoms with Gasteiger partial charge in [-0.1, -0.05) is 60.1 Å². The molecule has 7 aliphatic rings. The van der Waals surface area contributed by atoms with Gasteiger partial charge in [0, 0.05) is 0 Å². The van der Waals surface area contributed by atoms with Crippen molar-refractivity contribution in [3.05, 3.63) is 11.6 Å². The molecule has 8 N–H and O–H groups in total. The number of ether oxygens (including phenoxy) is 4. The number of rotatable bonds is 7. The molecule has 13 heteroatoms. The van der Waals surface area contributed by atoms with E-state index in [4.69, 9.17) is 18.9 Å². The van der Waals surface area contributed by atoms with Gasteiger partial charge in [0.05, 0.1) is 24.7 Å². The minimum atomic E-state index is -1.74. The maximum Gasteiger partial charge on any atom is 0.310 e. The number of aliphatic carboxylic acids is 1. The molecule has 2 saturated heterocycles. The summed E-state index contributed by atoms with van der Waals surface area (Å²) in [4.78, 5) is 13.0. The molecule has 7 rings (SSSR count). The molecule has 0 amide bonds. The average molecular weight is 781 g/mol. The van der Waals surface area contributed by atoms with Gasteiger partial charge in [-0.2, -0.15) is 0 Å². The molecule has 5 aliphatic carbocycles. The van der Waals surface area contributed by atoms with Gasteiger partial charge in [-0.25, -0.2) is 0 Å². The largest absolute Gasteiger partial charge is 0.481 e. The molecule has 0 aromatic carbocycles. The van der Waals surface area contributed by atoms with E-state index < -0.39 is 86.0 Å². The van der Waals surface area contributed by atoms with Gasteiger partial charge in [0.1, 0.15) is 48.8 Å². The molecule has 314 valence electrons. The molecule has 0 unspecified atom stereocenters. The first kappa shape index (κ1) is 41.9. The summed E-state index contributed by atoms with van der Waals surface area (Å²) in [7, 11) is 0. The van der Waals surface area contributed by atoms with Crippen LogP contribution in [0.4, 0.5) is 0 Å². The number of aliphatic hydroxyl groups excluding tert-OH is 7. The van der Waals surface area contributed by atoms with E-state index in [2.05, 4.69) is 54.5 Å². The Morgan fingerprint density at radius 2 is 1.35 bits per heavy atom. The van der Waals surface area contributed by atoms with Gasteiger partial charge in [-0.3, -0.25) is 4.79 Å². The van der Waals surface area contributed by atoms with E-state index in [1.165, 1.54) is 5.57 Å². The first-order valence-electron chi connectivity index (χ1n) is 20.8. The Morgan fingerprint density at radius 1 is 0.727 bits per heavy atom. The molecule has 0 bridgehead atoms. The van der Waals surface area contributed by atoms with Crippen molar-refractivity contribution in [3.8, 4) is 0 Å². The first-order valence-corrected chi connectivity index (χ1v) is 20.8. The van der Waals surface area contributed by atoms with Crippen LogP contribution >= 0.6 is 0 Å². The lowest BCUT2D eigenvalue weighted by atomic mass is 9.33. The maximum absolute atomic E-state index is 13.0. The second-order valence-electron chi connectivity index (χ2n) is 20.7. The number of hydrogen-bond acceptors (Lipinski definition) is 12. The zero-order valence-electron chi connectivity index (χ0n) is 33.8. The highest BCUT2D eigenvalue weighted by Gasteiger charge is 2.69. The van der Waals surface area contributed by atoms with Crippen LogP contribution in [0.1, 0.15) is 113 Å². The Labute approximate surface area is 325 Å². The van der Waals surface area contributed by atoms with Gasteiger partial charge in [0.2, 0.25) is 0 Å². The van der Waals surface area contributed by atoms with Crippen LogP contribution in [0.2, 0.25) is 0 Å². The third-order valence-electron chi connectivity index (χ3n) is 17.3. The summed E-state index contributed by atoms with van der Waals surface area (Å²) >= 11 is 0. The van der Waals surface area contributed by atoms with Gasteiger partial charge < -0.3 is 59.8 Å². The second kappa shape index (κ2) is 14.2. The summed E-state index contributed by atoms with van der Waals surface area (Å²) in [5, 5.41) is 84.2. The molecule has 13 nitrogen and oxygen atoms in total. The monoisotopic (exact) mass is 780 g/mol. The standard InChI is InChI=1S/C42H68O13/c1-37(2)14-16-42(36(50)51)17-15-40(6)21(22(42)18-37)8-9-26-39(5)12-11-27(38(3,4)25(39)10-13-41(26,40)7)54-34-32(49)30(47)33(24(20-44)53-34)55-35-31(48)29(46)28(45)23(19-43)52-35/h8,22-35,43-49H,9-20H2,1-7H3,(H,50,51)/t22-,23+,24+,25-,26+,27-,28-,29-,30+,31+,32+,33+,34-,35-,39+,40+,41-,42-/m0/s1. The Hall–Kier alpha value is -1.23. The molecule has 2 heterocycles. The van der Waals surface area contributed by atoms with E-state index in [1.807, 2.05) is 0 Å². The molecular formula is C42H68O13.